The van der Waals surface area contributed by atoms with E-state index < -0.39 is 36.5 Å². The van der Waals surface area contributed by atoms with Crippen molar-refractivity contribution in [2.75, 3.05) is 26.3 Å². The first-order valence-corrected chi connectivity index (χ1v) is 9.17. The number of carbonyl (C=O) groups is 3. The zero-order chi connectivity index (χ0) is 20.3. The van der Waals surface area contributed by atoms with Gasteiger partial charge >= 0.3 is 6.18 Å². The lowest BCUT2D eigenvalue weighted by molar-refractivity contribution is -0.169. The van der Waals surface area contributed by atoms with Gasteiger partial charge in [0.1, 0.15) is 6.54 Å². The predicted octanol–water partition coefficient (Wildman–Crippen LogP) is 2.63. The monoisotopic (exact) mass is 398 g/mol. The molecule has 152 valence electrons. The molecule has 0 aromatic heterocycles. The molecule has 0 radical (unpaired) electrons. The fourth-order valence-electron chi connectivity index (χ4n) is 3.59. The molecular formula is C19H21F3N2O4. The normalized spacial score (nSPS) is 17.8. The molecule has 1 fully saturated rings. The largest absolute Gasteiger partial charge is 0.406 e. The number of fused-ring (bicyclic) bond motifs is 1. The topological polar surface area (TPSA) is 66.9 Å². The van der Waals surface area contributed by atoms with Crippen molar-refractivity contribution in [3.8, 4) is 0 Å². The van der Waals surface area contributed by atoms with Gasteiger partial charge in [0, 0.05) is 32.2 Å². The van der Waals surface area contributed by atoms with E-state index in [4.69, 9.17) is 4.74 Å². The smallest absolute Gasteiger partial charge is 0.381 e. The van der Waals surface area contributed by atoms with E-state index in [9.17, 15) is 27.6 Å². The second-order valence-electron chi connectivity index (χ2n) is 6.89. The highest BCUT2D eigenvalue weighted by atomic mass is 19.4. The van der Waals surface area contributed by atoms with Crippen LogP contribution in [-0.4, -0.2) is 66.0 Å². The number of rotatable bonds is 6. The Bertz CT molecular complexity index is 725. The fraction of sp³-hybridized carbons (Fsp3) is 0.526. The molecule has 2 aliphatic rings. The van der Waals surface area contributed by atoms with Crippen molar-refractivity contribution in [1.29, 1.82) is 0 Å². The first-order valence-electron chi connectivity index (χ1n) is 9.17. The van der Waals surface area contributed by atoms with Crippen molar-refractivity contribution < 1.29 is 32.3 Å². The highest BCUT2D eigenvalue weighted by Crippen LogP contribution is 2.25. The Morgan fingerprint density at radius 3 is 2.21 bits per heavy atom. The summed E-state index contributed by atoms with van der Waals surface area (Å²) in [6.45, 7) is -0.669. The van der Waals surface area contributed by atoms with Gasteiger partial charge in [-0.3, -0.25) is 19.3 Å². The van der Waals surface area contributed by atoms with Crippen molar-refractivity contribution in [1.82, 2.24) is 9.80 Å². The second kappa shape index (κ2) is 8.30. The summed E-state index contributed by atoms with van der Waals surface area (Å²) >= 11 is 0. The average molecular weight is 398 g/mol. The molecule has 3 rings (SSSR count). The number of alkyl halides is 3. The molecule has 0 bridgehead atoms. The van der Waals surface area contributed by atoms with Gasteiger partial charge in [-0.1, -0.05) is 12.1 Å². The van der Waals surface area contributed by atoms with Crippen LogP contribution in [0.25, 0.3) is 0 Å². The molecular weight excluding hydrogens is 377 g/mol. The van der Waals surface area contributed by atoms with Gasteiger partial charge in [-0.15, -0.1) is 0 Å². The number of benzene rings is 1. The average Bonchev–Trinajstić information content (AvgIpc) is 2.91. The van der Waals surface area contributed by atoms with Gasteiger partial charge < -0.3 is 9.64 Å². The lowest BCUT2D eigenvalue weighted by Crippen LogP contribution is -2.48. The van der Waals surface area contributed by atoms with Gasteiger partial charge in [-0.05, 0) is 31.4 Å². The Labute approximate surface area is 160 Å². The summed E-state index contributed by atoms with van der Waals surface area (Å²) in [5.41, 5.74) is 0.611. The maximum Gasteiger partial charge on any atom is 0.406 e. The molecule has 28 heavy (non-hydrogen) atoms. The number of halogens is 3. The number of nitrogens with zero attached hydrogens (tertiary/aromatic N) is 2. The van der Waals surface area contributed by atoms with Crippen LogP contribution >= 0.6 is 0 Å². The van der Waals surface area contributed by atoms with E-state index in [-0.39, 0.29) is 19.4 Å². The number of hydrogen-bond donors (Lipinski definition) is 0. The molecule has 2 heterocycles. The number of hydrogen-bond acceptors (Lipinski definition) is 4. The van der Waals surface area contributed by atoms with Crippen molar-refractivity contribution in [3.63, 3.8) is 0 Å². The van der Waals surface area contributed by atoms with Crippen LogP contribution in [0.5, 0.6) is 0 Å². The van der Waals surface area contributed by atoms with Crippen LogP contribution in [0.15, 0.2) is 24.3 Å². The van der Waals surface area contributed by atoms with E-state index in [0.717, 1.165) is 9.80 Å². The minimum Gasteiger partial charge on any atom is -0.381 e. The SMILES string of the molecule is O=C1c2ccccc2C(=O)N1CCCC(=O)N(CC(F)(F)F)C1CCOCC1. The molecule has 0 unspecified atom stereocenters. The molecule has 3 amide bonds. The van der Waals surface area contributed by atoms with E-state index in [0.29, 0.717) is 37.2 Å². The summed E-state index contributed by atoms with van der Waals surface area (Å²) in [5.74, 6) is -1.50. The molecule has 0 saturated carbocycles. The van der Waals surface area contributed by atoms with E-state index in [1.807, 2.05) is 0 Å². The predicted molar refractivity (Wildman–Crippen MR) is 92.7 cm³/mol. The van der Waals surface area contributed by atoms with E-state index in [2.05, 4.69) is 0 Å². The highest BCUT2D eigenvalue weighted by Gasteiger charge is 2.38. The fourth-order valence-corrected chi connectivity index (χ4v) is 3.59. The summed E-state index contributed by atoms with van der Waals surface area (Å²) in [7, 11) is 0. The Balaban J connectivity index is 1.59. The number of amides is 3. The molecule has 6 nitrogen and oxygen atoms in total. The summed E-state index contributed by atoms with van der Waals surface area (Å²) in [5, 5.41) is 0. The molecule has 2 aliphatic heterocycles. The van der Waals surface area contributed by atoms with Crippen LogP contribution in [0.4, 0.5) is 13.2 Å². The molecule has 0 spiro atoms. The summed E-state index contributed by atoms with van der Waals surface area (Å²) < 4.78 is 43.9. The zero-order valence-corrected chi connectivity index (χ0v) is 15.2. The molecule has 1 saturated heterocycles. The third-order valence-electron chi connectivity index (χ3n) is 4.95. The van der Waals surface area contributed by atoms with E-state index in [1.54, 1.807) is 24.3 Å². The number of ether oxygens (including phenoxy) is 1. The Hall–Kier alpha value is -2.42. The molecule has 0 atom stereocenters. The first-order chi connectivity index (χ1) is 13.3. The van der Waals surface area contributed by atoms with Crippen molar-refractivity contribution in [2.24, 2.45) is 0 Å². The Morgan fingerprint density at radius 1 is 1.11 bits per heavy atom. The van der Waals surface area contributed by atoms with Gasteiger partial charge in [0.25, 0.3) is 11.8 Å². The second-order valence-corrected chi connectivity index (χ2v) is 6.89. The summed E-state index contributed by atoms with van der Waals surface area (Å²) in [6.07, 6.45) is -3.82. The quantitative estimate of drug-likeness (QED) is 0.691. The molecule has 9 heteroatoms. The lowest BCUT2D eigenvalue weighted by atomic mass is 10.1. The maximum atomic E-state index is 12.9. The third-order valence-corrected chi connectivity index (χ3v) is 4.95. The Morgan fingerprint density at radius 2 is 1.68 bits per heavy atom. The van der Waals surface area contributed by atoms with Crippen LogP contribution in [0.1, 0.15) is 46.4 Å². The number of carbonyl (C=O) groups excluding carboxylic acids is 3. The minimum atomic E-state index is -4.49. The first kappa shape index (κ1) is 20.3. The molecule has 1 aromatic rings. The minimum absolute atomic E-state index is 0.00821. The van der Waals surface area contributed by atoms with Crippen LogP contribution in [-0.2, 0) is 9.53 Å². The van der Waals surface area contributed by atoms with Gasteiger partial charge in [-0.25, -0.2) is 0 Å². The van der Waals surface area contributed by atoms with Gasteiger partial charge in [0.15, 0.2) is 0 Å². The summed E-state index contributed by atoms with van der Waals surface area (Å²) in [6, 6.07) is 5.90. The summed E-state index contributed by atoms with van der Waals surface area (Å²) in [4.78, 5) is 39.0. The van der Waals surface area contributed by atoms with Crippen LogP contribution in [0.2, 0.25) is 0 Å². The van der Waals surface area contributed by atoms with Crippen molar-refractivity contribution in [2.45, 2.75) is 37.9 Å². The standard InChI is InChI=1S/C19H21F3N2O4/c20-19(21,22)12-24(13-7-10-28-11-8-13)16(25)6-3-9-23-17(26)14-4-1-2-5-15(14)18(23)27/h1-2,4-5,13H,3,6-12H2. The Kier molecular flexibility index (Phi) is 6.02. The molecule has 0 N–H and O–H groups in total. The van der Waals surface area contributed by atoms with Crippen LogP contribution in [0.3, 0.4) is 0 Å². The van der Waals surface area contributed by atoms with Gasteiger partial charge in [0.05, 0.1) is 11.1 Å². The molecule has 1 aromatic carbocycles. The van der Waals surface area contributed by atoms with E-state index in [1.165, 1.54) is 0 Å². The van der Waals surface area contributed by atoms with E-state index >= 15 is 0 Å². The number of imide groups is 1. The molecule has 0 aliphatic carbocycles. The van der Waals surface area contributed by atoms with Gasteiger partial charge in [-0.2, -0.15) is 13.2 Å². The van der Waals surface area contributed by atoms with Crippen LogP contribution < -0.4 is 0 Å². The lowest BCUT2D eigenvalue weighted by Gasteiger charge is -2.35. The maximum absolute atomic E-state index is 12.9. The highest BCUT2D eigenvalue weighted by molar-refractivity contribution is 6.21. The van der Waals surface area contributed by atoms with Gasteiger partial charge in [0.2, 0.25) is 5.91 Å². The zero-order valence-electron chi connectivity index (χ0n) is 15.2. The van der Waals surface area contributed by atoms with Crippen molar-refractivity contribution in [3.05, 3.63) is 35.4 Å². The van der Waals surface area contributed by atoms with Crippen LogP contribution in [0, 0.1) is 0 Å². The van der Waals surface area contributed by atoms with Crippen molar-refractivity contribution >= 4 is 17.7 Å². The third kappa shape index (κ3) is 4.52.